The van der Waals surface area contributed by atoms with Gasteiger partial charge in [0.15, 0.2) is 0 Å². The van der Waals surface area contributed by atoms with Crippen molar-refractivity contribution in [1.82, 2.24) is 20.5 Å². The van der Waals surface area contributed by atoms with E-state index in [9.17, 15) is 9.59 Å². The minimum atomic E-state index is -0.833. The molecule has 2 N–H and O–H groups in total. The van der Waals surface area contributed by atoms with Gasteiger partial charge in [-0.1, -0.05) is 49.4 Å². The van der Waals surface area contributed by atoms with Crippen molar-refractivity contribution in [2.75, 3.05) is 18.6 Å². The molecule has 0 saturated heterocycles. The van der Waals surface area contributed by atoms with Crippen LogP contribution in [0.25, 0.3) is 0 Å². The van der Waals surface area contributed by atoms with E-state index in [2.05, 4.69) is 20.5 Å². The summed E-state index contributed by atoms with van der Waals surface area (Å²) in [6.45, 7) is 2.01. The molecule has 8 heteroatoms. The number of para-hydroxylation sites is 2. The van der Waals surface area contributed by atoms with E-state index in [0.717, 1.165) is 5.56 Å². The van der Waals surface area contributed by atoms with Gasteiger partial charge in [0.25, 0.3) is 11.8 Å². The molecule has 0 bridgehead atoms. The molecule has 0 aliphatic carbocycles. The standard InChI is InChI=1S/C21H21N5O3/c1-13(14-8-4-3-5-9-14)18-23-19(25-24-18)20(27)22-15-12-29-17-11-7-6-10-16(17)26(2)21(15)28/h3-11,13,15H,12H2,1-2H3,(H,22,27)(H,23,24,25)/t13-,15?/m1/s1. The van der Waals surface area contributed by atoms with Crippen molar-refractivity contribution in [2.24, 2.45) is 0 Å². The molecule has 148 valence electrons. The number of aromatic nitrogens is 3. The molecule has 0 saturated carbocycles. The number of hydrogen-bond donors (Lipinski definition) is 2. The zero-order chi connectivity index (χ0) is 20.4. The van der Waals surface area contributed by atoms with Crippen molar-refractivity contribution in [3.63, 3.8) is 0 Å². The Morgan fingerprint density at radius 3 is 2.69 bits per heavy atom. The van der Waals surface area contributed by atoms with Crippen molar-refractivity contribution >= 4 is 17.5 Å². The number of benzene rings is 2. The van der Waals surface area contributed by atoms with Crippen LogP contribution in [0.5, 0.6) is 5.75 Å². The molecule has 1 aromatic heterocycles. The van der Waals surface area contributed by atoms with E-state index in [4.69, 9.17) is 4.74 Å². The Balaban J connectivity index is 1.47. The Labute approximate surface area is 167 Å². The number of likely N-dealkylation sites (N-methyl/N-ethyl adjacent to an activating group) is 1. The number of ether oxygens (including phenoxy) is 1. The number of H-pyrrole nitrogens is 1. The van der Waals surface area contributed by atoms with Crippen LogP contribution in [-0.2, 0) is 4.79 Å². The van der Waals surface area contributed by atoms with Crippen molar-refractivity contribution in [3.8, 4) is 5.75 Å². The lowest BCUT2D eigenvalue weighted by molar-refractivity contribution is -0.120. The minimum absolute atomic E-state index is 0.0351. The number of aromatic amines is 1. The van der Waals surface area contributed by atoms with E-state index in [1.807, 2.05) is 49.4 Å². The second-order valence-corrected chi connectivity index (χ2v) is 6.89. The second-order valence-electron chi connectivity index (χ2n) is 6.89. The van der Waals surface area contributed by atoms with Crippen LogP contribution in [0.4, 0.5) is 5.69 Å². The smallest absolute Gasteiger partial charge is 0.289 e. The molecule has 29 heavy (non-hydrogen) atoms. The van der Waals surface area contributed by atoms with E-state index in [1.165, 1.54) is 4.90 Å². The average molecular weight is 391 g/mol. The maximum absolute atomic E-state index is 12.8. The molecule has 0 fully saturated rings. The molecule has 1 unspecified atom stereocenters. The minimum Gasteiger partial charge on any atom is -0.489 e. The first kappa shape index (κ1) is 18.7. The summed E-state index contributed by atoms with van der Waals surface area (Å²) in [4.78, 5) is 29.9. The zero-order valence-corrected chi connectivity index (χ0v) is 16.1. The predicted octanol–water partition coefficient (Wildman–Crippen LogP) is 2.11. The van der Waals surface area contributed by atoms with Gasteiger partial charge in [-0.2, -0.15) is 0 Å². The summed E-state index contributed by atoms with van der Waals surface area (Å²) < 4.78 is 5.72. The molecular formula is C21H21N5O3. The topological polar surface area (TPSA) is 100 Å². The first-order valence-electron chi connectivity index (χ1n) is 9.32. The van der Waals surface area contributed by atoms with Crippen molar-refractivity contribution in [1.29, 1.82) is 0 Å². The van der Waals surface area contributed by atoms with Crippen molar-refractivity contribution in [3.05, 3.63) is 71.8 Å². The monoisotopic (exact) mass is 391 g/mol. The van der Waals surface area contributed by atoms with Gasteiger partial charge in [-0.15, -0.1) is 10.2 Å². The third kappa shape index (κ3) is 3.69. The lowest BCUT2D eigenvalue weighted by Gasteiger charge is -2.19. The molecule has 2 amide bonds. The van der Waals surface area contributed by atoms with Gasteiger partial charge in [0.05, 0.1) is 5.69 Å². The Hall–Kier alpha value is -3.68. The van der Waals surface area contributed by atoms with E-state index in [-0.39, 0.29) is 24.3 Å². The molecule has 8 nitrogen and oxygen atoms in total. The van der Waals surface area contributed by atoms with Gasteiger partial charge in [-0.05, 0) is 17.7 Å². The lowest BCUT2D eigenvalue weighted by atomic mass is 10.0. The highest BCUT2D eigenvalue weighted by Gasteiger charge is 2.31. The van der Waals surface area contributed by atoms with Crippen LogP contribution in [0.15, 0.2) is 54.6 Å². The van der Waals surface area contributed by atoms with Gasteiger partial charge in [0, 0.05) is 13.0 Å². The largest absolute Gasteiger partial charge is 0.489 e. The summed E-state index contributed by atoms with van der Waals surface area (Å²) >= 11 is 0. The Bertz CT molecular complexity index is 1030. The molecule has 4 rings (SSSR count). The van der Waals surface area contributed by atoms with Crippen LogP contribution in [-0.4, -0.2) is 46.7 Å². The second kappa shape index (κ2) is 7.75. The number of amides is 2. The molecule has 1 aliphatic rings. The van der Waals surface area contributed by atoms with E-state index < -0.39 is 11.9 Å². The molecular weight excluding hydrogens is 370 g/mol. The molecule has 2 atom stereocenters. The third-order valence-corrected chi connectivity index (χ3v) is 5.00. The van der Waals surface area contributed by atoms with Crippen LogP contribution in [0.1, 0.15) is 34.8 Å². The fourth-order valence-electron chi connectivity index (χ4n) is 3.25. The lowest BCUT2D eigenvalue weighted by Crippen LogP contribution is -2.49. The number of nitrogens with zero attached hydrogens (tertiary/aromatic N) is 3. The highest BCUT2D eigenvalue weighted by molar-refractivity contribution is 6.02. The number of hydrogen-bond acceptors (Lipinski definition) is 5. The zero-order valence-electron chi connectivity index (χ0n) is 16.1. The van der Waals surface area contributed by atoms with Crippen LogP contribution >= 0.6 is 0 Å². The molecule has 1 aliphatic heterocycles. The normalized spacial score (nSPS) is 17.1. The average Bonchev–Trinajstić information content (AvgIpc) is 3.22. The maximum atomic E-state index is 12.8. The van der Waals surface area contributed by atoms with Crippen LogP contribution in [0.3, 0.4) is 0 Å². The number of carbonyl (C=O) groups excluding carboxylic acids is 2. The van der Waals surface area contributed by atoms with Gasteiger partial charge < -0.3 is 19.9 Å². The van der Waals surface area contributed by atoms with E-state index in [1.54, 1.807) is 19.2 Å². The number of carbonyl (C=O) groups is 2. The molecule has 2 heterocycles. The highest BCUT2D eigenvalue weighted by atomic mass is 16.5. The quantitative estimate of drug-likeness (QED) is 0.710. The summed E-state index contributed by atoms with van der Waals surface area (Å²) in [7, 11) is 1.66. The first-order chi connectivity index (χ1) is 14.0. The summed E-state index contributed by atoms with van der Waals surface area (Å²) in [5, 5.41) is 10.7. The van der Waals surface area contributed by atoms with Gasteiger partial charge in [0.1, 0.15) is 24.2 Å². The van der Waals surface area contributed by atoms with Crippen molar-refractivity contribution in [2.45, 2.75) is 18.9 Å². The molecule has 0 radical (unpaired) electrons. The maximum Gasteiger partial charge on any atom is 0.289 e. The Kier molecular flexibility index (Phi) is 4.99. The Morgan fingerprint density at radius 2 is 1.90 bits per heavy atom. The van der Waals surface area contributed by atoms with Crippen LogP contribution < -0.4 is 15.0 Å². The Morgan fingerprint density at radius 1 is 1.17 bits per heavy atom. The molecule has 0 spiro atoms. The number of fused-ring (bicyclic) bond motifs is 1. The fraction of sp³-hybridized carbons (Fsp3) is 0.238. The SMILES string of the molecule is C[C@H](c1ccccc1)c1nnc(C(=O)NC2COc3ccccc3N(C)C2=O)[nH]1. The fourth-order valence-corrected chi connectivity index (χ4v) is 3.25. The molecule has 2 aromatic carbocycles. The number of anilines is 1. The van der Waals surface area contributed by atoms with Gasteiger partial charge in [0.2, 0.25) is 5.82 Å². The highest BCUT2D eigenvalue weighted by Crippen LogP contribution is 2.29. The third-order valence-electron chi connectivity index (χ3n) is 5.00. The van der Waals surface area contributed by atoms with Gasteiger partial charge in [-0.3, -0.25) is 9.59 Å². The van der Waals surface area contributed by atoms with Crippen LogP contribution in [0.2, 0.25) is 0 Å². The van der Waals surface area contributed by atoms with Crippen LogP contribution in [0, 0.1) is 0 Å². The summed E-state index contributed by atoms with van der Waals surface area (Å²) in [5.41, 5.74) is 1.72. The first-order valence-corrected chi connectivity index (χ1v) is 9.32. The summed E-state index contributed by atoms with van der Waals surface area (Å²) in [6.07, 6.45) is 0. The van der Waals surface area contributed by atoms with Crippen molar-refractivity contribution < 1.29 is 14.3 Å². The summed E-state index contributed by atoms with van der Waals surface area (Å²) in [5.74, 6) is 0.410. The number of nitrogens with one attached hydrogen (secondary N) is 2. The van der Waals surface area contributed by atoms with Gasteiger partial charge in [-0.25, -0.2) is 0 Å². The summed E-state index contributed by atoms with van der Waals surface area (Å²) in [6, 6.07) is 16.2. The number of rotatable bonds is 4. The molecule has 3 aromatic rings. The van der Waals surface area contributed by atoms with E-state index >= 15 is 0 Å². The van der Waals surface area contributed by atoms with E-state index in [0.29, 0.717) is 17.3 Å². The predicted molar refractivity (Wildman–Crippen MR) is 107 cm³/mol. The van der Waals surface area contributed by atoms with Gasteiger partial charge >= 0.3 is 0 Å².